The lowest BCUT2D eigenvalue weighted by Crippen LogP contribution is -2.03. The second-order valence-electron chi connectivity index (χ2n) is 2.73. The first-order chi connectivity index (χ1) is 6.81. The van der Waals surface area contributed by atoms with Crippen molar-refractivity contribution in [1.82, 2.24) is 0 Å². The summed E-state index contributed by atoms with van der Waals surface area (Å²) in [6.45, 7) is 3.83. The van der Waals surface area contributed by atoms with Gasteiger partial charge in [0, 0.05) is 11.8 Å². The average molecular weight is 328 g/mol. The number of hydrogen-bond acceptors (Lipinski definition) is 3. The van der Waals surface area contributed by atoms with Crippen molar-refractivity contribution in [3.05, 3.63) is 12.7 Å². The standard InChI is InChI=1S/C10H17IO2S/c1-2-10(12)13-7-9-14-8-5-3-4-6-11/h2H,1,3-9H2. The van der Waals surface area contributed by atoms with E-state index >= 15 is 0 Å². The molecule has 0 atom stereocenters. The zero-order valence-electron chi connectivity index (χ0n) is 8.34. The van der Waals surface area contributed by atoms with E-state index in [1.165, 1.54) is 35.5 Å². The van der Waals surface area contributed by atoms with Crippen LogP contribution in [-0.4, -0.2) is 28.5 Å². The van der Waals surface area contributed by atoms with Gasteiger partial charge in [0.2, 0.25) is 0 Å². The van der Waals surface area contributed by atoms with Gasteiger partial charge in [-0.3, -0.25) is 0 Å². The number of esters is 1. The normalized spacial score (nSPS) is 9.79. The van der Waals surface area contributed by atoms with Gasteiger partial charge in [-0.25, -0.2) is 4.79 Å². The summed E-state index contributed by atoms with van der Waals surface area (Å²) in [7, 11) is 0. The SMILES string of the molecule is C=CC(=O)OCCSCCCCCI. The quantitative estimate of drug-likeness (QED) is 0.214. The Labute approximate surface area is 104 Å². The molecule has 0 amide bonds. The van der Waals surface area contributed by atoms with Crippen molar-refractivity contribution in [1.29, 1.82) is 0 Å². The minimum atomic E-state index is -0.324. The predicted octanol–water partition coefficient (Wildman–Crippen LogP) is 3.05. The van der Waals surface area contributed by atoms with Gasteiger partial charge >= 0.3 is 5.97 Å². The molecule has 0 aliphatic carbocycles. The lowest BCUT2D eigenvalue weighted by atomic mass is 10.3. The molecule has 0 fully saturated rings. The van der Waals surface area contributed by atoms with Crippen LogP contribution in [0, 0.1) is 0 Å². The Kier molecular flexibility index (Phi) is 11.6. The van der Waals surface area contributed by atoms with Gasteiger partial charge in [-0.15, -0.1) is 0 Å². The van der Waals surface area contributed by atoms with E-state index in [0.29, 0.717) is 6.61 Å². The van der Waals surface area contributed by atoms with Gasteiger partial charge in [-0.2, -0.15) is 11.8 Å². The first-order valence-electron chi connectivity index (χ1n) is 4.74. The molecule has 0 unspecified atom stereocenters. The van der Waals surface area contributed by atoms with Crippen molar-refractivity contribution in [2.24, 2.45) is 0 Å². The minimum absolute atomic E-state index is 0.324. The van der Waals surface area contributed by atoms with E-state index in [9.17, 15) is 4.79 Å². The molecule has 0 N–H and O–H groups in total. The molecule has 82 valence electrons. The van der Waals surface area contributed by atoms with Crippen molar-refractivity contribution in [2.75, 3.05) is 22.5 Å². The van der Waals surface area contributed by atoms with Crippen LogP contribution in [-0.2, 0) is 9.53 Å². The summed E-state index contributed by atoms with van der Waals surface area (Å²) in [6, 6.07) is 0. The van der Waals surface area contributed by atoms with Crippen molar-refractivity contribution >= 4 is 40.3 Å². The predicted molar refractivity (Wildman–Crippen MR) is 71.2 cm³/mol. The van der Waals surface area contributed by atoms with Crippen molar-refractivity contribution in [3.63, 3.8) is 0 Å². The molecule has 0 spiro atoms. The van der Waals surface area contributed by atoms with Crippen molar-refractivity contribution in [2.45, 2.75) is 19.3 Å². The fourth-order valence-corrected chi connectivity index (χ4v) is 2.19. The number of carbonyl (C=O) groups is 1. The molecule has 2 nitrogen and oxygen atoms in total. The number of halogens is 1. The van der Waals surface area contributed by atoms with Crippen LogP contribution in [0.5, 0.6) is 0 Å². The largest absolute Gasteiger partial charge is 0.462 e. The van der Waals surface area contributed by atoms with Crippen LogP contribution < -0.4 is 0 Å². The highest BCUT2D eigenvalue weighted by molar-refractivity contribution is 14.1. The molecule has 0 saturated heterocycles. The third-order valence-electron chi connectivity index (χ3n) is 1.56. The molecule has 0 aromatic rings. The summed E-state index contributed by atoms with van der Waals surface area (Å²) < 4.78 is 6.09. The number of ether oxygens (including phenoxy) is 1. The van der Waals surface area contributed by atoms with Gasteiger partial charge in [0.25, 0.3) is 0 Å². The Bertz CT molecular complexity index is 162. The van der Waals surface area contributed by atoms with Crippen LogP contribution in [0.15, 0.2) is 12.7 Å². The van der Waals surface area contributed by atoms with Crippen molar-refractivity contribution in [3.8, 4) is 0 Å². The molecule has 0 heterocycles. The van der Waals surface area contributed by atoms with Gasteiger partial charge in [0.15, 0.2) is 0 Å². The highest BCUT2D eigenvalue weighted by atomic mass is 127. The average Bonchev–Trinajstić information content (AvgIpc) is 2.21. The number of rotatable bonds is 9. The maximum atomic E-state index is 10.6. The van der Waals surface area contributed by atoms with Crippen LogP contribution in [0.25, 0.3) is 0 Å². The fraction of sp³-hybridized carbons (Fsp3) is 0.700. The van der Waals surface area contributed by atoms with Gasteiger partial charge in [-0.05, 0) is 23.0 Å². The van der Waals surface area contributed by atoms with E-state index < -0.39 is 0 Å². The highest BCUT2D eigenvalue weighted by Crippen LogP contribution is 2.07. The summed E-state index contributed by atoms with van der Waals surface area (Å²) in [4.78, 5) is 10.6. The third-order valence-corrected chi connectivity index (χ3v) is 3.36. The second-order valence-corrected chi connectivity index (χ2v) is 5.04. The lowest BCUT2D eigenvalue weighted by Gasteiger charge is -2.01. The van der Waals surface area contributed by atoms with E-state index in [1.54, 1.807) is 0 Å². The maximum Gasteiger partial charge on any atom is 0.330 e. The molecule has 0 rings (SSSR count). The molecule has 0 radical (unpaired) electrons. The van der Waals surface area contributed by atoms with E-state index in [4.69, 9.17) is 4.74 Å². The smallest absolute Gasteiger partial charge is 0.330 e. The molecule has 14 heavy (non-hydrogen) atoms. The van der Waals surface area contributed by atoms with E-state index in [2.05, 4.69) is 29.2 Å². The number of thioether (sulfide) groups is 1. The first kappa shape index (κ1) is 14.3. The van der Waals surface area contributed by atoms with Crippen molar-refractivity contribution < 1.29 is 9.53 Å². The molecular weight excluding hydrogens is 311 g/mol. The second kappa shape index (κ2) is 11.4. The molecule has 0 aromatic heterocycles. The third kappa shape index (κ3) is 10.4. The molecule has 0 bridgehead atoms. The minimum Gasteiger partial charge on any atom is -0.462 e. The zero-order valence-corrected chi connectivity index (χ0v) is 11.3. The molecular formula is C10H17IO2S. The van der Waals surface area contributed by atoms with Crippen LogP contribution in [0.3, 0.4) is 0 Å². The highest BCUT2D eigenvalue weighted by Gasteiger charge is 1.95. The van der Waals surface area contributed by atoms with Crippen LogP contribution in [0.1, 0.15) is 19.3 Å². The van der Waals surface area contributed by atoms with Gasteiger partial charge in [0.1, 0.15) is 6.61 Å². The molecule has 0 aliphatic rings. The summed E-state index contributed by atoms with van der Waals surface area (Å²) in [5, 5.41) is 0. The summed E-state index contributed by atoms with van der Waals surface area (Å²) in [6.07, 6.45) is 5.09. The van der Waals surface area contributed by atoms with Crippen LogP contribution in [0.2, 0.25) is 0 Å². The summed E-state index contributed by atoms with van der Waals surface area (Å²) in [5.41, 5.74) is 0. The Morgan fingerprint density at radius 2 is 2.14 bits per heavy atom. The van der Waals surface area contributed by atoms with Gasteiger partial charge in [0.05, 0.1) is 0 Å². The van der Waals surface area contributed by atoms with Crippen LogP contribution in [0.4, 0.5) is 0 Å². The first-order valence-corrected chi connectivity index (χ1v) is 7.42. The summed E-state index contributed by atoms with van der Waals surface area (Å²) >= 11 is 4.24. The monoisotopic (exact) mass is 328 g/mol. The zero-order chi connectivity index (χ0) is 10.6. The lowest BCUT2D eigenvalue weighted by molar-refractivity contribution is -0.137. The molecule has 0 saturated carbocycles. The van der Waals surface area contributed by atoms with E-state index in [1.807, 2.05) is 11.8 Å². The number of unbranched alkanes of at least 4 members (excludes halogenated alkanes) is 2. The maximum absolute atomic E-state index is 10.6. The van der Waals surface area contributed by atoms with Crippen LogP contribution >= 0.6 is 34.4 Å². The Morgan fingerprint density at radius 1 is 1.36 bits per heavy atom. The fourth-order valence-electron chi connectivity index (χ4n) is 0.838. The molecule has 0 aromatic carbocycles. The molecule has 0 aliphatic heterocycles. The number of alkyl halides is 1. The van der Waals surface area contributed by atoms with E-state index in [0.717, 1.165) is 5.75 Å². The topological polar surface area (TPSA) is 26.3 Å². The number of hydrogen-bond donors (Lipinski definition) is 0. The Hall–Kier alpha value is 0.290. The Morgan fingerprint density at radius 3 is 2.79 bits per heavy atom. The summed E-state index contributed by atoms with van der Waals surface area (Å²) in [5.74, 6) is 1.74. The molecule has 4 heteroatoms. The number of carbonyl (C=O) groups excluding carboxylic acids is 1. The van der Waals surface area contributed by atoms with Gasteiger partial charge < -0.3 is 4.74 Å². The van der Waals surface area contributed by atoms with E-state index in [-0.39, 0.29) is 5.97 Å². The Balaban J connectivity index is 2.99. The van der Waals surface area contributed by atoms with Gasteiger partial charge in [-0.1, -0.05) is 35.6 Å².